The number of ether oxygens (including phenoxy) is 2. The summed E-state index contributed by atoms with van der Waals surface area (Å²) in [5, 5.41) is 6.14. The predicted octanol–water partition coefficient (Wildman–Crippen LogP) is 3.47. The second kappa shape index (κ2) is 9.77. The number of fused-ring (bicyclic) bond motifs is 1. The van der Waals surface area contributed by atoms with Crippen LogP contribution in [0.2, 0.25) is 0 Å². The van der Waals surface area contributed by atoms with E-state index in [9.17, 15) is 14.4 Å². The average molecular weight is 513 g/mol. The van der Waals surface area contributed by atoms with Gasteiger partial charge in [0.25, 0.3) is 5.91 Å². The molecule has 2 rings (SSSR count). The number of carbonyl (C=O) groups is 3. The van der Waals surface area contributed by atoms with Crippen LogP contribution in [0.1, 0.15) is 37.7 Å². The molecule has 8 nitrogen and oxygen atoms in total. The van der Waals surface area contributed by atoms with E-state index in [1.807, 2.05) is 24.3 Å². The zero-order valence-corrected chi connectivity index (χ0v) is 18.9. The van der Waals surface area contributed by atoms with Crippen molar-refractivity contribution in [2.45, 2.75) is 32.8 Å². The first-order valence-corrected chi connectivity index (χ1v) is 10.0. The molecule has 0 fully saturated rings. The van der Waals surface area contributed by atoms with Gasteiger partial charge in [0.05, 0.1) is 10.7 Å². The molecule has 156 valence electrons. The quantitative estimate of drug-likeness (QED) is 0.237. The number of rotatable bonds is 6. The SMILES string of the molecule is COC(=O)/C(=C/CCNC(=O)c1[nH]c2ccccc2c1I)NC(=O)OC(C)(C)C. The van der Waals surface area contributed by atoms with Gasteiger partial charge in [-0.25, -0.2) is 9.59 Å². The molecule has 1 heterocycles. The number of hydrogen-bond donors (Lipinski definition) is 3. The molecule has 2 aromatic rings. The third-order valence-corrected chi connectivity index (χ3v) is 4.81. The minimum Gasteiger partial charge on any atom is -0.464 e. The van der Waals surface area contributed by atoms with Crippen LogP contribution in [0.3, 0.4) is 0 Å². The van der Waals surface area contributed by atoms with Gasteiger partial charge in [-0.1, -0.05) is 24.3 Å². The van der Waals surface area contributed by atoms with E-state index in [2.05, 4.69) is 42.9 Å². The maximum Gasteiger partial charge on any atom is 0.412 e. The van der Waals surface area contributed by atoms with E-state index in [-0.39, 0.29) is 18.1 Å². The number of halogens is 1. The molecule has 2 amide bonds. The number of esters is 1. The van der Waals surface area contributed by atoms with Crippen LogP contribution in [0.5, 0.6) is 0 Å². The lowest BCUT2D eigenvalue weighted by atomic mass is 10.2. The minimum absolute atomic E-state index is 0.0452. The molecule has 0 unspecified atom stereocenters. The first kappa shape index (κ1) is 22.7. The summed E-state index contributed by atoms with van der Waals surface area (Å²) in [6.07, 6.45) is 1.03. The van der Waals surface area contributed by atoms with Crippen molar-refractivity contribution in [2.75, 3.05) is 13.7 Å². The first-order valence-electron chi connectivity index (χ1n) is 8.95. The third-order valence-electron chi connectivity index (χ3n) is 3.69. The fourth-order valence-corrected chi connectivity index (χ4v) is 3.31. The van der Waals surface area contributed by atoms with Crippen LogP contribution in [0, 0.1) is 3.57 Å². The average Bonchev–Trinajstić information content (AvgIpc) is 2.99. The summed E-state index contributed by atoms with van der Waals surface area (Å²) in [5.74, 6) is -0.953. The molecule has 0 aliphatic heterocycles. The van der Waals surface area contributed by atoms with Crippen LogP contribution >= 0.6 is 22.6 Å². The maximum absolute atomic E-state index is 12.5. The van der Waals surface area contributed by atoms with Gasteiger partial charge in [0.1, 0.15) is 17.0 Å². The van der Waals surface area contributed by atoms with E-state index in [0.717, 1.165) is 14.5 Å². The summed E-state index contributed by atoms with van der Waals surface area (Å²) in [7, 11) is 1.21. The number of hydrogen-bond acceptors (Lipinski definition) is 5. The Kier molecular flexibility index (Phi) is 7.66. The van der Waals surface area contributed by atoms with Gasteiger partial charge < -0.3 is 19.8 Å². The molecule has 0 spiro atoms. The van der Waals surface area contributed by atoms with Crippen molar-refractivity contribution in [3.8, 4) is 0 Å². The highest BCUT2D eigenvalue weighted by molar-refractivity contribution is 14.1. The molecular formula is C20H24IN3O5. The highest BCUT2D eigenvalue weighted by Crippen LogP contribution is 2.23. The Balaban J connectivity index is 1.97. The number of para-hydroxylation sites is 1. The molecule has 1 aromatic heterocycles. The molecule has 9 heteroatoms. The molecule has 1 aromatic carbocycles. The van der Waals surface area contributed by atoms with Crippen molar-refractivity contribution >= 4 is 51.5 Å². The Morgan fingerprint density at radius 3 is 2.52 bits per heavy atom. The van der Waals surface area contributed by atoms with Crippen LogP contribution in [0.15, 0.2) is 36.0 Å². The highest BCUT2D eigenvalue weighted by Gasteiger charge is 2.20. The van der Waals surface area contributed by atoms with E-state index < -0.39 is 17.7 Å². The van der Waals surface area contributed by atoms with E-state index in [1.54, 1.807) is 20.8 Å². The maximum atomic E-state index is 12.5. The largest absolute Gasteiger partial charge is 0.464 e. The second-order valence-electron chi connectivity index (χ2n) is 7.14. The molecule has 0 saturated heterocycles. The van der Waals surface area contributed by atoms with Gasteiger partial charge in [0, 0.05) is 17.4 Å². The van der Waals surface area contributed by atoms with Gasteiger partial charge in [-0.3, -0.25) is 10.1 Å². The van der Waals surface area contributed by atoms with E-state index >= 15 is 0 Å². The predicted molar refractivity (Wildman–Crippen MR) is 117 cm³/mol. The fraction of sp³-hybridized carbons (Fsp3) is 0.350. The number of aromatic nitrogens is 1. The number of aromatic amines is 1. The van der Waals surface area contributed by atoms with Crippen molar-refractivity contribution < 1.29 is 23.9 Å². The van der Waals surface area contributed by atoms with Crippen molar-refractivity contribution in [3.05, 3.63) is 45.3 Å². The van der Waals surface area contributed by atoms with Crippen LogP contribution in [-0.2, 0) is 14.3 Å². The fourth-order valence-electron chi connectivity index (χ4n) is 2.46. The van der Waals surface area contributed by atoms with Gasteiger partial charge in [-0.15, -0.1) is 0 Å². The number of H-pyrrole nitrogens is 1. The smallest absolute Gasteiger partial charge is 0.412 e. The number of methoxy groups -OCH3 is 1. The highest BCUT2D eigenvalue weighted by atomic mass is 127. The zero-order chi connectivity index (χ0) is 21.6. The van der Waals surface area contributed by atoms with E-state index in [4.69, 9.17) is 4.74 Å². The third kappa shape index (κ3) is 6.48. The van der Waals surface area contributed by atoms with E-state index in [0.29, 0.717) is 12.1 Å². The van der Waals surface area contributed by atoms with Crippen LogP contribution in [-0.4, -0.2) is 42.2 Å². The number of carbonyl (C=O) groups excluding carboxylic acids is 3. The summed E-state index contributed by atoms with van der Waals surface area (Å²) in [4.78, 5) is 39.3. The molecule has 0 atom stereocenters. The summed E-state index contributed by atoms with van der Waals surface area (Å²) in [5.41, 5.74) is 0.624. The lowest BCUT2D eigenvalue weighted by Crippen LogP contribution is -2.34. The monoisotopic (exact) mass is 513 g/mol. The molecule has 0 bridgehead atoms. The lowest BCUT2D eigenvalue weighted by molar-refractivity contribution is -0.136. The van der Waals surface area contributed by atoms with Gasteiger partial charge >= 0.3 is 12.1 Å². The summed E-state index contributed by atoms with van der Waals surface area (Å²) >= 11 is 2.13. The van der Waals surface area contributed by atoms with Gasteiger partial charge in [0.15, 0.2) is 0 Å². The van der Waals surface area contributed by atoms with Crippen molar-refractivity contribution in [1.29, 1.82) is 0 Å². The first-order chi connectivity index (χ1) is 13.6. The number of amides is 2. The van der Waals surface area contributed by atoms with Crippen LogP contribution in [0.4, 0.5) is 4.79 Å². The van der Waals surface area contributed by atoms with Crippen molar-refractivity contribution in [1.82, 2.24) is 15.6 Å². The van der Waals surface area contributed by atoms with Gasteiger partial charge in [-0.2, -0.15) is 0 Å². The molecule has 3 N–H and O–H groups in total. The Bertz CT molecular complexity index is 943. The summed E-state index contributed by atoms with van der Waals surface area (Å²) < 4.78 is 10.6. The van der Waals surface area contributed by atoms with Crippen molar-refractivity contribution in [3.63, 3.8) is 0 Å². The van der Waals surface area contributed by atoms with Crippen molar-refractivity contribution in [2.24, 2.45) is 0 Å². The molecular weight excluding hydrogens is 489 g/mol. The molecule has 29 heavy (non-hydrogen) atoms. The molecule has 0 radical (unpaired) electrons. The number of benzene rings is 1. The van der Waals surface area contributed by atoms with Gasteiger partial charge in [-0.05, 0) is 55.8 Å². The standard InChI is InChI=1S/C20H24IN3O5/c1-20(2,3)29-19(27)24-14(18(26)28-4)10-7-11-22-17(25)16-15(21)12-8-5-6-9-13(12)23-16/h5-6,8-10,23H,7,11H2,1-4H3,(H,22,25)(H,24,27)/b14-10-. The number of nitrogens with one attached hydrogen (secondary N) is 3. The van der Waals surface area contributed by atoms with E-state index in [1.165, 1.54) is 13.2 Å². The molecule has 0 aliphatic rings. The lowest BCUT2D eigenvalue weighted by Gasteiger charge is -2.20. The zero-order valence-electron chi connectivity index (χ0n) is 16.7. The topological polar surface area (TPSA) is 110 Å². The minimum atomic E-state index is -0.759. The van der Waals surface area contributed by atoms with Crippen LogP contribution < -0.4 is 10.6 Å². The summed E-state index contributed by atoms with van der Waals surface area (Å²) in [6.45, 7) is 5.42. The Morgan fingerprint density at radius 2 is 1.90 bits per heavy atom. The second-order valence-corrected chi connectivity index (χ2v) is 8.22. The Hall–Kier alpha value is -2.56. The van der Waals surface area contributed by atoms with Crippen LogP contribution in [0.25, 0.3) is 10.9 Å². The molecule has 0 aliphatic carbocycles. The summed E-state index contributed by atoms with van der Waals surface area (Å²) in [6, 6.07) is 7.66. The Labute approximate surface area is 182 Å². The normalized spacial score (nSPS) is 11.8. The number of alkyl carbamates (subject to hydrolysis) is 1. The molecule has 0 saturated carbocycles. The van der Waals surface area contributed by atoms with Gasteiger partial charge in [0.2, 0.25) is 0 Å². The Morgan fingerprint density at radius 1 is 1.21 bits per heavy atom.